The molecule has 0 bridgehead atoms. The van der Waals surface area contributed by atoms with Crippen molar-refractivity contribution in [2.45, 2.75) is 46.3 Å². The van der Waals surface area contributed by atoms with Crippen molar-refractivity contribution in [1.82, 2.24) is 10.3 Å². The van der Waals surface area contributed by atoms with Gasteiger partial charge in [0, 0.05) is 18.0 Å². The fourth-order valence-electron chi connectivity index (χ4n) is 1.96. The first kappa shape index (κ1) is 13.0. The molecule has 3 nitrogen and oxygen atoms in total. The predicted octanol–water partition coefficient (Wildman–Crippen LogP) is 3.05. The Morgan fingerprint density at radius 1 is 1.47 bits per heavy atom. The first-order valence-corrected chi connectivity index (χ1v) is 7.36. The number of aromatic nitrogens is 1. The smallest absolute Gasteiger partial charge is 0.122 e. The van der Waals surface area contributed by atoms with Crippen molar-refractivity contribution < 1.29 is 4.74 Å². The fourth-order valence-corrected chi connectivity index (χ4v) is 3.14. The highest BCUT2D eigenvalue weighted by molar-refractivity contribution is 7.11. The van der Waals surface area contributed by atoms with Crippen LogP contribution in [0.1, 0.15) is 48.4 Å². The summed E-state index contributed by atoms with van der Waals surface area (Å²) in [7, 11) is 0. The zero-order chi connectivity index (χ0) is 12.3. The third kappa shape index (κ3) is 3.27. The van der Waals surface area contributed by atoms with Crippen LogP contribution in [0.4, 0.5) is 0 Å². The van der Waals surface area contributed by atoms with E-state index in [1.165, 1.54) is 22.7 Å². The molecule has 0 radical (unpaired) electrons. The molecule has 1 atom stereocenters. The minimum atomic E-state index is 0.249. The van der Waals surface area contributed by atoms with Gasteiger partial charge in [-0.15, -0.1) is 11.3 Å². The first-order valence-electron chi connectivity index (χ1n) is 6.54. The van der Waals surface area contributed by atoms with Gasteiger partial charge >= 0.3 is 0 Å². The van der Waals surface area contributed by atoms with Gasteiger partial charge in [0.25, 0.3) is 0 Å². The molecule has 1 aromatic heterocycles. The van der Waals surface area contributed by atoms with Crippen molar-refractivity contribution in [3.63, 3.8) is 0 Å². The van der Waals surface area contributed by atoms with E-state index in [2.05, 4.69) is 26.1 Å². The maximum atomic E-state index is 5.85. The Morgan fingerprint density at radius 2 is 2.24 bits per heavy atom. The molecule has 4 heteroatoms. The van der Waals surface area contributed by atoms with Crippen molar-refractivity contribution >= 4 is 11.3 Å². The highest BCUT2D eigenvalue weighted by Crippen LogP contribution is 2.44. The molecular weight excluding hydrogens is 232 g/mol. The van der Waals surface area contributed by atoms with Crippen molar-refractivity contribution in [1.29, 1.82) is 0 Å². The van der Waals surface area contributed by atoms with E-state index >= 15 is 0 Å². The van der Waals surface area contributed by atoms with E-state index in [-0.39, 0.29) is 6.10 Å². The molecule has 1 aliphatic carbocycles. The third-order valence-corrected chi connectivity index (χ3v) is 4.30. The second-order valence-corrected chi connectivity index (χ2v) is 5.67. The summed E-state index contributed by atoms with van der Waals surface area (Å²) >= 11 is 1.82. The number of hydrogen-bond acceptors (Lipinski definition) is 4. The number of thiazole rings is 1. The van der Waals surface area contributed by atoms with E-state index in [1.54, 1.807) is 0 Å². The molecule has 1 saturated carbocycles. The molecule has 0 amide bonds. The number of nitrogens with zero attached hydrogens (tertiary/aromatic N) is 1. The predicted molar refractivity (Wildman–Crippen MR) is 71.3 cm³/mol. The Labute approximate surface area is 108 Å². The summed E-state index contributed by atoms with van der Waals surface area (Å²) in [6.45, 7) is 9.01. The van der Waals surface area contributed by atoms with E-state index in [0.29, 0.717) is 5.92 Å². The standard InChI is InChI=1S/C13H22N2OS/c1-4-14-8-11-9(3)15-13(17-11)12(16-5-2)10-6-7-10/h10,12,14H,4-8H2,1-3H3. The van der Waals surface area contributed by atoms with Crippen LogP contribution in [0.5, 0.6) is 0 Å². The quantitative estimate of drug-likeness (QED) is 0.812. The van der Waals surface area contributed by atoms with Gasteiger partial charge in [-0.25, -0.2) is 4.98 Å². The number of rotatable bonds is 7. The molecule has 1 aromatic rings. The minimum absolute atomic E-state index is 0.249. The molecule has 1 N–H and O–H groups in total. The molecule has 17 heavy (non-hydrogen) atoms. The number of nitrogens with one attached hydrogen (secondary N) is 1. The van der Waals surface area contributed by atoms with E-state index < -0.39 is 0 Å². The Bertz CT molecular complexity index is 360. The van der Waals surface area contributed by atoms with Gasteiger partial charge < -0.3 is 10.1 Å². The zero-order valence-electron chi connectivity index (χ0n) is 11.0. The Hall–Kier alpha value is -0.450. The van der Waals surface area contributed by atoms with Gasteiger partial charge in [0.15, 0.2) is 0 Å². The summed E-state index contributed by atoms with van der Waals surface area (Å²) in [5.41, 5.74) is 1.16. The normalized spacial score (nSPS) is 17.4. The topological polar surface area (TPSA) is 34.1 Å². The molecule has 1 aliphatic rings. The summed E-state index contributed by atoms with van der Waals surface area (Å²) in [6.07, 6.45) is 2.84. The zero-order valence-corrected chi connectivity index (χ0v) is 11.8. The molecule has 1 heterocycles. The lowest BCUT2D eigenvalue weighted by atomic mass is 10.2. The Balaban J connectivity index is 2.08. The third-order valence-electron chi connectivity index (χ3n) is 3.08. The summed E-state index contributed by atoms with van der Waals surface area (Å²) < 4.78 is 5.85. The molecule has 0 aromatic carbocycles. The average molecular weight is 254 g/mol. The van der Waals surface area contributed by atoms with Crippen LogP contribution < -0.4 is 5.32 Å². The molecular formula is C13H22N2OS. The second-order valence-electron chi connectivity index (χ2n) is 4.55. The van der Waals surface area contributed by atoms with Crippen LogP contribution in [0, 0.1) is 12.8 Å². The second kappa shape index (κ2) is 5.94. The monoisotopic (exact) mass is 254 g/mol. The summed E-state index contributed by atoms with van der Waals surface area (Å²) in [5.74, 6) is 0.715. The van der Waals surface area contributed by atoms with Gasteiger partial charge in [-0.2, -0.15) is 0 Å². The number of aryl methyl sites for hydroxylation is 1. The van der Waals surface area contributed by atoms with Crippen LogP contribution in [0.2, 0.25) is 0 Å². The van der Waals surface area contributed by atoms with Gasteiger partial charge in [-0.3, -0.25) is 0 Å². The molecule has 0 spiro atoms. The van der Waals surface area contributed by atoms with Gasteiger partial charge in [0.05, 0.1) is 5.69 Å². The van der Waals surface area contributed by atoms with Crippen LogP contribution in [0.25, 0.3) is 0 Å². The molecule has 0 saturated heterocycles. The van der Waals surface area contributed by atoms with Crippen LogP contribution in [-0.2, 0) is 11.3 Å². The fraction of sp³-hybridized carbons (Fsp3) is 0.769. The van der Waals surface area contributed by atoms with E-state index in [4.69, 9.17) is 9.72 Å². The average Bonchev–Trinajstić information content (AvgIpc) is 3.08. The van der Waals surface area contributed by atoms with E-state index in [0.717, 1.165) is 25.4 Å². The van der Waals surface area contributed by atoms with E-state index in [9.17, 15) is 0 Å². The summed E-state index contributed by atoms with van der Waals surface area (Å²) in [6, 6.07) is 0. The largest absolute Gasteiger partial charge is 0.371 e. The Kier molecular flexibility index (Phi) is 4.54. The summed E-state index contributed by atoms with van der Waals surface area (Å²) in [4.78, 5) is 6.05. The molecule has 1 fully saturated rings. The Morgan fingerprint density at radius 3 is 2.82 bits per heavy atom. The SMILES string of the molecule is CCNCc1sc(C(OCC)C2CC2)nc1C. The lowest BCUT2D eigenvalue weighted by Crippen LogP contribution is -2.11. The van der Waals surface area contributed by atoms with Crippen molar-refractivity contribution in [2.75, 3.05) is 13.2 Å². The lowest BCUT2D eigenvalue weighted by molar-refractivity contribution is 0.0461. The maximum absolute atomic E-state index is 5.85. The van der Waals surface area contributed by atoms with Crippen LogP contribution >= 0.6 is 11.3 Å². The number of hydrogen-bond donors (Lipinski definition) is 1. The van der Waals surface area contributed by atoms with Gasteiger partial charge in [-0.05, 0) is 39.2 Å². The molecule has 96 valence electrons. The molecule has 0 aliphatic heterocycles. The van der Waals surface area contributed by atoms with Gasteiger partial charge in [0.1, 0.15) is 11.1 Å². The van der Waals surface area contributed by atoms with Crippen molar-refractivity contribution in [2.24, 2.45) is 5.92 Å². The van der Waals surface area contributed by atoms with Crippen molar-refractivity contribution in [3.8, 4) is 0 Å². The molecule has 2 rings (SSSR count). The van der Waals surface area contributed by atoms with E-state index in [1.807, 2.05) is 11.3 Å². The highest BCUT2D eigenvalue weighted by Gasteiger charge is 2.35. The first-order chi connectivity index (χ1) is 8.26. The summed E-state index contributed by atoms with van der Waals surface area (Å²) in [5, 5.41) is 4.54. The lowest BCUT2D eigenvalue weighted by Gasteiger charge is -2.12. The minimum Gasteiger partial charge on any atom is -0.371 e. The van der Waals surface area contributed by atoms with Crippen LogP contribution in [0.15, 0.2) is 0 Å². The van der Waals surface area contributed by atoms with Gasteiger partial charge in [-0.1, -0.05) is 6.92 Å². The number of ether oxygens (including phenoxy) is 1. The molecule has 1 unspecified atom stereocenters. The maximum Gasteiger partial charge on any atom is 0.122 e. The van der Waals surface area contributed by atoms with Crippen LogP contribution in [0.3, 0.4) is 0 Å². The highest BCUT2D eigenvalue weighted by atomic mass is 32.1. The van der Waals surface area contributed by atoms with Crippen molar-refractivity contribution in [3.05, 3.63) is 15.6 Å². The van der Waals surface area contributed by atoms with Crippen LogP contribution in [-0.4, -0.2) is 18.1 Å². The van der Waals surface area contributed by atoms with Gasteiger partial charge in [0.2, 0.25) is 0 Å².